The molecule has 0 radical (unpaired) electrons. The minimum absolute atomic E-state index is 0.195. The number of sulfonamides is 1. The molecule has 0 atom stereocenters. The van der Waals surface area contributed by atoms with Crippen LogP contribution in [0.4, 0.5) is 0 Å². The number of carbonyl (C=O) groups excluding carboxylic acids is 1. The molecule has 0 bridgehead atoms. The fraction of sp³-hybridized carbons (Fsp3) is 0.240. The first-order valence-corrected chi connectivity index (χ1v) is 13.1. The van der Waals surface area contributed by atoms with Gasteiger partial charge in [0.15, 0.2) is 0 Å². The minimum atomic E-state index is -3.47. The van der Waals surface area contributed by atoms with Gasteiger partial charge in [0, 0.05) is 30.3 Å². The van der Waals surface area contributed by atoms with E-state index in [4.69, 9.17) is 9.47 Å². The number of nitrogens with zero attached hydrogens (tertiary/aromatic N) is 1. The number of amides is 1. The number of benzene rings is 3. The van der Waals surface area contributed by atoms with Crippen LogP contribution in [0.3, 0.4) is 0 Å². The van der Waals surface area contributed by atoms with Gasteiger partial charge in [-0.15, -0.1) is 11.8 Å². The summed E-state index contributed by atoms with van der Waals surface area (Å²) in [4.78, 5) is 13.7. The first-order valence-electron chi connectivity index (χ1n) is 10.7. The van der Waals surface area contributed by atoms with E-state index in [2.05, 4.69) is 17.4 Å². The third-order valence-corrected chi connectivity index (χ3v) is 7.54. The van der Waals surface area contributed by atoms with Crippen LogP contribution in [0.5, 0.6) is 11.5 Å². The first-order chi connectivity index (χ1) is 16.4. The minimum Gasteiger partial charge on any atom is -0.493 e. The SMILES string of the molecule is CN(C)S(=O)(=O)c1ccc(OCCNC(=O)c2ccc(OCCSc3ccccc3)cc2)cc1. The summed E-state index contributed by atoms with van der Waals surface area (Å²) < 4.78 is 36.6. The molecule has 0 spiro atoms. The second-order valence-corrected chi connectivity index (χ2v) is 10.7. The van der Waals surface area contributed by atoms with Gasteiger partial charge in [-0.2, -0.15) is 0 Å². The molecule has 3 aromatic carbocycles. The Hall–Kier alpha value is -3.01. The maximum atomic E-state index is 12.3. The van der Waals surface area contributed by atoms with Crippen LogP contribution in [0.2, 0.25) is 0 Å². The zero-order chi connectivity index (χ0) is 24.4. The number of hydrogen-bond acceptors (Lipinski definition) is 6. The van der Waals surface area contributed by atoms with Crippen molar-refractivity contribution in [3.63, 3.8) is 0 Å². The van der Waals surface area contributed by atoms with Crippen molar-refractivity contribution in [2.45, 2.75) is 9.79 Å². The van der Waals surface area contributed by atoms with Gasteiger partial charge < -0.3 is 14.8 Å². The van der Waals surface area contributed by atoms with E-state index in [9.17, 15) is 13.2 Å². The molecule has 0 fully saturated rings. The molecule has 3 rings (SSSR count). The van der Waals surface area contributed by atoms with E-state index in [1.54, 1.807) is 48.2 Å². The fourth-order valence-electron chi connectivity index (χ4n) is 2.89. The lowest BCUT2D eigenvalue weighted by molar-refractivity contribution is 0.0947. The van der Waals surface area contributed by atoms with Gasteiger partial charge in [0.1, 0.15) is 18.1 Å². The molecule has 0 unspecified atom stereocenters. The van der Waals surface area contributed by atoms with E-state index in [1.165, 1.54) is 31.1 Å². The Morgan fingerprint density at radius 3 is 2.06 bits per heavy atom. The van der Waals surface area contributed by atoms with Crippen LogP contribution in [0.1, 0.15) is 10.4 Å². The molecule has 1 amide bonds. The van der Waals surface area contributed by atoms with E-state index in [0.717, 1.165) is 10.1 Å². The van der Waals surface area contributed by atoms with Gasteiger partial charge in [-0.1, -0.05) is 18.2 Å². The number of thioether (sulfide) groups is 1. The first kappa shape index (κ1) is 25.6. The summed E-state index contributed by atoms with van der Waals surface area (Å²) >= 11 is 1.73. The van der Waals surface area contributed by atoms with Crippen LogP contribution in [-0.2, 0) is 10.0 Å². The summed E-state index contributed by atoms with van der Waals surface area (Å²) in [5.74, 6) is 1.87. The van der Waals surface area contributed by atoms with Gasteiger partial charge in [-0.25, -0.2) is 12.7 Å². The van der Waals surface area contributed by atoms with Crippen molar-refractivity contribution in [3.05, 3.63) is 84.4 Å². The predicted octanol–water partition coefficient (Wildman–Crippen LogP) is 3.92. The summed E-state index contributed by atoms with van der Waals surface area (Å²) in [7, 11) is -0.508. The van der Waals surface area contributed by atoms with Crippen LogP contribution in [-0.4, -0.2) is 58.2 Å². The van der Waals surface area contributed by atoms with Gasteiger partial charge in [-0.3, -0.25) is 4.79 Å². The molecule has 0 aliphatic rings. The number of hydrogen-bond donors (Lipinski definition) is 1. The second kappa shape index (κ2) is 12.5. The van der Waals surface area contributed by atoms with Crippen LogP contribution >= 0.6 is 11.8 Å². The van der Waals surface area contributed by atoms with Crippen molar-refractivity contribution < 1.29 is 22.7 Å². The quantitative estimate of drug-likeness (QED) is 0.300. The molecule has 0 aliphatic heterocycles. The lowest BCUT2D eigenvalue weighted by Gasteiger charge is -2.12. The third kappa shape index (κ3) is 7.51. The lowest BCUT2D eigenvalue weighted by Crippen LogP contribution is -2.28. The van der Waals surface area contributed by atoms with E-state index in [1.807, 2.05) is 18.2 Å². The highest BCUT2D eigenvalue weighted by atomic mass is 32.2. The Morgan fingerprint density at radius 1 is 0.853 bits per heavy atom. The molecule has 0 aromatic heterocycles. The van der Waals surface area contributed by atoms with Gasteiger partial charge in [0.05, 0.1) is 18.0 Å². The zero-order valence-electron chi connectivity index (χ0n) is 19.1. The summed E-state index contributed by atoms with van der Waals surface area (Å²) in [6.45, 7) is 1.14. The Morgan fingerprint density at radius 2 is 1.44 bits per heavy atom. The highest BCUT2D eigenvalue weighted by molar-refractivity contribution is 7.99. The monoisotopic (exact) mass is 500 g/mol. The molecular formula is C25H28N2O5S2. The predicted molar refractivity (Wildman–Crippen MR) is 134 cm³/mol. The average Bonchev–Trinajstić information content (AvgIpc) is 2.85. The Kier molecular flexibility index (Phi) is 9.38. The molecule has 3 aromatic rings. The van der Waals surface area contributed by atoms with Crippen molar-refractivity contribution in [3.8, 4) is 11.5 Å². The zero-order valence-corrected chi connectivity index (χ0v) is 20.8. The summed E-state index contributed by atoms with van der Waals surface area (Å²) in [5.41, 5.74) is 0.532. The van der Waals surface area contributed by atoms with Crippen LogP contribution in [0, 0.1) is 0 Å². The van der Waals surface area contributed by atoms with Gasteiger partial charge in [-0.05, 0) is 60.7 Å². The van der Waals surface area contributed by atoms with Gasteiger partial charge in [0.25, 0.3) is 5.91 Å². The van der Waals surface area contributed by atoms with Crippen molar-refractivity contribution in [1.82, 2.24) is 9.62 Å². The highest BCUT2D eigenvalue weighted by Gasteiger charge is 2.16. The number of rotatable bonds is 12. The molecule has 0 saturated heterocycles. The average molecular weight is 501 g/mol. The molecule has 0 aliphatic carbocycles. The van der Waals surface area contributed by atoms with Crippen molar-refractivity contribution in [1.29, 1.82) is 0 Å². The molecule has 0 saturated carbocycles. The van der Waals surface area contributed by atoms with E-state index in [0.29, 0.717) is 30.2 Å². The molecule has 9 heteroatoms. The normalized spacial score (nSPS) is 11.3. The molecule has 1 N–H and O–H groups in total. The molecule has 180 valence electrons. The molecule has 7 nitrogen and oxygen atoms in total. The Labute approximate surface area is 205 Å². The smallest absolute Gasteiger partial charge is 0.251 e. The topological polar surface area (TPSA) is 84.9 Å². The number of carbonyl (C=O) groups is 1. The second-order valence-electron chi connectivity index (χ2n) is 7.40. The van der Waals surface area contributed by atoms with Gasteiger partial charge >= 0.3 is 0 Å². The van der Waals surface area contributed by atoms with Crippen LogP contribution < -0.4 is 14.8 Å². The molecular weight excluding hydrogens is 472 g/mol. The highest BCUT2D eigenvalue weighted by Crippen LogP contribution is 2.19. The van der Waals surface area contributed by atoms with E-state index >= 15 is 0 Å². The van der Waals surface area contributed by atoms with Crippen molar-refractivity contribution >= 4 is 27.7 Å². The number of nitrogens with one attached hydrogen (secondary N) is 1. The molecule has 34 heavy (non-hydrogen) atoms. The maximum Gasteiger partial charge on any atom is 0.251 e. The van der Waals surface area contributed by atoms with Crippen LogP contribution in [0.25, 0.3) is 0 Å². The summed E-state index contributed by atoms with van der Waals surface area (Å²) in [6, 6.07) is 23.3. The van der Waals surface area contributed by atoms with Crippen LogP contribution in [0.15, 0.2) is 88.7 Å². The Balaban J connectivity index is 1.36. The summed E-state index contributed by atoms with van der Waals surface area (Å²) in [6.07, 6.45) is 0. The summed E-state index contributed by atoms with van der Waals surface area (Å²) in [5, 5.41) is 2.80. The molecule has 0 heterocycles. The van der Waals surface area contributed by atoms with E-state index < -0.39 is 10.0 Å². The van der Waals surface area contributed by atoms with Gasteiger partial charge in [0.2, 0.25) is 10.0 Å². The third-order valence-electron chi connectivity index (χ3n) is 4.74. The lowest BCUT2D eigenvalue weighted by atomic mass is 10.2. The number of ether oxygens (including phenoxy) is 2. The fourth-order valence-corrected chi connectivity index (χ4v) is 4.55. The maximum absolute atomic E-state index is 12.3. The van der Waals surface area contributed by atoms with Crippen molar-refractivity contribution in [2.75, 3.05) is 39.6 Å². The largest absolute Gasteiger partial charge is 0.493 e. The Bertz CT molecular complexity index is 1150. The van der Waals surface area contributed by atoms with E-state index in [-0.39, 0.29) is 17.4 Å². The van der Waals surface area contributed by atoms with Crippen molar-refractivity contribution in [2.24, 2.45) is 0 Å². The standard InChI is InChI=1S/C25H28N2O5S2/c1-27(2)34(29,30)24-14-12-22(13-15-24)31-17-16-26-25(28)20-8-10-21(11-9-20)32-18-19-33-23-6-4-3-5-7-23/h3-15H,16-19H2,1-2H3,(H,26,28).